The Morgan fingerprint density at radius 1 is 1.24 bits per heavy atom. The van der Waals surface area contributed by atoms with Crippen LogP contribution in [0.25, 0.3) is 10.9 Å². The molecular formula is C14H13NO2. The van der Waals surface area contributed by atoms with Crippen LogP contribution < -0.4 is 0 Å². The van der Waals surface area contributed by atoms with Gasteiger partial charge in [0.25, 0.3) is 0 Å². The van der Waals surface area contributed by atoms with Crippen LogP contribution >= 0.6 is 0 Å². The van der Waals surface area contributed by atoms with Crippen molar-refractivity contribution in [3.63, 3.8) is 0 Å². The minimum atomic E-state index is -1.05. The largest absolute Gasteiger partial charge is 0.508 e. The quantitative estimate of drug-likeness (QED) is 0.701. The van der Waals surface area contributed by atoms with Gasteiger partial charge in [-0.3, -0.25) is 0 Å². The van der Waals surface area contributed by atoms with Gasteiger partial charge in [0.1, 0.15) is 11.4 Å². The average Bonchev–Trinajstić information content (AvgIpc) is 2.77. The Morgan fingerprint density at radius 3 is 2.76 bits per heavy atom. The van der Waals surface area contributed by atoms with Crippen LogP contribution in [-0.4, -0.2) is 15.2 Å². The van der Waals surface area contributed by atoms with E-state index in [-0.39, 0.29) is 5.76 Å². The summed E-state index contributed by atoms with van der Waals surface area (Å²) in [6.07, 6.45) is 5.13. The molecule has 1 aliphatic rings. The Hall–Kier alpha value is -2.00. The predicted molar refractivity (Wildman–Crippen MR) is 66.7 cm³/mol. The summed E-state index contributed by atoms with van der Waals surface area (Å²) >= 11 is 0. The fourth-order valence-corrected chi connectivity index (χ4v) is 2.13. The van der Waals surface area contributed by atoms with E-state index in [2.05, 4.69) is 4.98 Å². The van der Waals surface area contributed by atoms with E-state index in [1.807, 2.05) is 30.3 Å². The molecule has 0 fully saturated rings. The molecule has 1 heterocycles. The number of hydrogen-bond donors (Lipinski definition) is 3. The van der Waals surface area contributed by atoms with Gasteiger partial charge in [-0.25, -0.2) is 0 Å². The molecule has 0 saturated heterocycles. The molecule has 0 amide bonds. The third-order valence-corrected chi connectivity index (χ3v) is 3.15. The summed E-state index contributed by atoms with van der Waals surface area (Å²) in [5.74, 6) is 0.200. The maximum atomic E-state index is 10.5. The highest BCUT2D eigenvalue weighted by Gasteiger charge is 2.29. The molecule has 1 unspecified atom stereocenters. The number of nitrogens with one attached hydrogen (secondary N) is 1. The number of hydrogen-bond acceptors (Lipinski definition) is 2. The molecule has 0 radical (unpaired) electrons. The van der Waals surface area contributed by atoms with Gasteiger partial charge in [0, 0.05) is 11.9 Å². The Balaban J connectivity index is 2.07. The molecular weight excluding hydrogens is 214 g/mol. The molecule has 3 N–H and O–H groups in total. The fraction of sp³-hybridized carbons (Fsp3) is 0.143. The van der Waals surface area contributed by atoms with Crippen LogP contribution in [0.1, 0.15) is 12.1 Å². The Labute approximate surface area is 98.7 Å². The maximum absolute atomic E-state index is 10.5. The van der Waals surface area contributed by atoms with Crippen LogP contribution in [-0.2, 0) is 5.60 Å². The van der Waals surface area contributed by atoms with Crippen molar-refractivity contribution in [1.82, 2.24) is 4.98 Å². The number of para-hydroxylation sites is 1. The predicted octanol–water partition coefficient (Wildman–Crippen LogP) is 2.76. The van der Waals surface area contributed by atoms with Crippen LogP contribution in [0.5, 0.6) is 0 Å². The number of aliphatic hydroxyl groups is 2. The zero-order valence-electron chi connectivity index (χ0n) is 9.22. The van der Waals surface area contributed by atoms with Gasteiger partial charge < -0.3 is 15.2 Å². The van der Waals surface area contributed by atoms with Crippen molar-refractivity contribution in [2.75, 3.05) is 0 Å². The second kappa shape index (κ2) is 3.50. The minimum Gasteiger partial charge on any atom is -0.508 e. The van der Waals surface area contributed by atoms with Gasteiger partial charge >= 0.3 is 0 Å². The number of allylic oxidation sites excluding steroid dienone is 1. The van der Waals surface area contributed by atoms with Gasteiger partial charge in [-0.15, -0.1) is 0 Å². The van der Waals surface area contributed by atoms with Gasteiger partial charge in [-0.2, -0.15) is 0 Å². The molecule has 0 spiro atoms. The lowest BCUT2D eigenvalue weighted by Crippen LogP contribution is -2.24. The third kappa shape index (κ3) is 1.65. The summed E-state index contributed by atoms with van der Waals surface area (Å²) < 4.78 is 0. The summed E-state index contributed by atoms with van der Waals surface area (Å²) in [5.41, 5.74) is 0.701. The van der Waals surface area contributed by atoms with Gasteiger partial charge in [-0.05, 0) is 35.7 Å². The van der Waals surface area contributed by atoms with Crippen LogP contribution in [0.15, 0.2) is 54.3 Å². The highest BCUT2D eigenvalue weighted by atomic mass is 16.3. The molecule has 0 saturated carbocycles. The first-order valence-electron chi connectivity index (χ1n) is 5.56. The van der Waals surface area contributed by atoms with Crippen LogP contribution in [0.3, 0.4) is 0 Å². The Bertz CT molecular complexity index is 591. The zero-order valence-corrected chi connectivity index (χ0v) is 9.22. The molecule has 86 valence electrons. The lowest BCUT2D eigenvalue weighted by molar-refractivity contribution is 0.0855. The van der Waals surface area contributed by atoms with Crippen molar-refractivity contribution in [3.8, 4) is 0 Å². The number of fused-ring (bicyclic) bond motifs is 1. The first kappa shape index (κ1) is 10.2. The highest BCUT2D eigenvalue weighted by Crippen LogP contribution is 2.32. The van der Waals surface area contributed by atoms with Crippen LogP contribution in [0.2, 0.25) is 0 Å². The summed E-state index contributed by atoms with van der Waals surface area (Å²) in [5, 5.41) is 20.8. The van der Waals surface area contributed by atoms with Crippen molar-refractivity contribution in [1.29, 1.82) is 0 Å². The van der Waals surface area contributed by atoms with Crippen molar-refractivity contribution in [2.45, 2.75) is 12.0 Å². The van der Waals surface area contributed by atoms with E-state index < -0.39 is 5.60 Å². The number of aliphatic hydroxyl groups excluding tert-OH is 1. The summed E-state index contributed by atoms with van der Waals surface area (Å²) in [7, 11) is 0. The molecule has 3 rings (SSSR count). The number of H-pyrrole nitrogens is 1. The van der Waals surface area contributed by atoms with Crippen molar-refractivity contribution >= 4 is 10.9 Å². The average molecular weight is 227 g/mol. The summed E-state index contributed by atoms with van der Waals surface area (Å²) in [6.45, 7) is 0. The SMILES string of the molecule is OC1=CCC(O)(c2cc3ccccc3[nH]2)C=C1. The zero-order chi connectivity index (χ0) is 11.9. The topological polar surface area (TPSA) is 56.2 Å². The lowest BCUT2D eigenvalue weighted by atomic mass is 9.91. The molecule has 0 bridgehead atoms. The van der Waals surface area contributed by atoms with Crippen molar-refractivity contribution in [2.24, 2.45) is 0 Å². The van der Waals surface area contributed by atoms with Gasteiger partial charge in [-0.1, -0.05) is 18.2 Å². The van der Waals surface area contributed by atoms with E-state index >= 15 is 0 Å². The van der Waals surface area contributed by atoms with E-state index in [0.717, 1.165) is 16.6 Å². The monoisotopic (exact) mass is 227 g/mol. The molecule has 3 heteroatoms. The third-order valence-electron chi connectivity index (χ3n) is 3.15. The minimum absolute atomic E-state index is 0.200. The van der Waals surface area contributed by atoms with Gasteiger partial charge in [0.2, 0.25) is 0 Å². The highest BCUT2D eigenvalue weighted by molar-refractivity contribution is 5.80. The van der Waals surface area contributed by atoms with E-state index in [1.165, 1.54) is 6.08 Å². The van der Waals surface area contributed by atoms with E-state index in [9.17, 15) is 10.2 Å². The van der Waals surface area contributed by atoms with Crippen LogP contribution in [0.4, 0.5) is 0 Å². The normalized spacial score (nSPS) is 23.9. The molecule has 17 heavy (non-hydrogen) atoms. The van der Waals surface area contributed by atoms with E-state index in [1.54, 1.807) is 12.2 Å². The van der Waals surface area contributed by atoms with Gasteiger partial charge in [0.15, 0.2) is 0 Å². The number of aromatic nitrogens is 1. The first-order chi connectivity index (χ1) is 8.17. The van der Waals surface area contributed by atoms with Gasteiger partial charge in [0.05, 0.1) is 5.69 Å². The fourth-order valence-electron chi connectivity index (χ4n) is 2.13. The molecule has 2 aromatic rings. The van der Waals surface area contributed by atoms with E-state index in [4.69, 9.17) is 0 Å². The Kier molecular flexibility index (Phi) is 2.09. The first-order valence-corrected chi connectivity index (χ1v) is 5.56. The molecule has 3 nitrogen and oxygen atoms in total. The summed E-state index contributed by atoms with van der Waals surface area (Å²) in [4.78, 5) is 3.21. The maximum Gasteiger partial charge on any atom is 0.126 e. The number of rotatable bonds is 1. The lowest BCUT2D eigenvalue weighted by Gasteiger charge is -2.24. The molecule has 1 atom stereocenters. The number of benzene rings is 1. The smallest absolute Gasteiger partial charge is 0.126 e. The molecule has 1 aromatic carbocycles. The van der Waals surface area contributed by atoms with Crippen LogP contribution in [0, 0.1) is 0 Å². The number of aromatic amines is 1. The standard InChI is InChI=1S/C14H13NO2/c16-11-5-7-14(17,8-6-11)13-9-10-3-1-2-4-12(10)15-13/h1-7,9,15-17H,8H2. The molecule has 0 aliphatic heterocycles. The van der Waals surface area contributed by atoms with Crippen molar-refractivity contribution < 1.29 is 10.2 Å². The summed E-state index contributed by atoms with van der Waals surface area (Å²) in [6, 6.07) is 9.83. The molecule has 1 aliphatic carbocycles. The molecule has 1 aromatic heterocycles. The van der Waals surface area contributed by atoms with Crippen molar-refractivity contribution in [3.05, 3.63) is 60.0 Å². The second-order valence-electron chi connectivity index (χ2n) is 4.36. The second-order valence-corrected chi connectivity index (χ2v) is 4.36. The Morgan fingerprint density at radius 2 is 2.06 bits per heavy atom. The van der Waals surface area contributed by atoms with E-state index in [0.29, 0.717) is 6.42 Å².